The Hall–Kier alpha value is -0.940. The van der Waals surface area contributed by atoms with Gasteiger partial charge in [-0.25, -0.2) is 4.98 Å². The average molecular weight is 254 g/mol. The van der Waals surface area contributed by atoms with Gasteiger partial charge in [-0.2, -0.15) is 0 Å². The first kappa shape index (κ1) is 12.5. The van der Waals surface area contributed by atoms with E-state index >= 15 is 0 Å². The van der Waals surface area contributed by atoms with Crippen molar-refractivity contribution in [1.82, 2.24) is 9.88 Å². The van der Waals surface area contributed by atoms with Crippen LogP contribution in [0.4, 0.5) is 0 Å². The summed E-state index contributed by atoms with van der Waals surface area (Å²) in [6, 6.07) is -0.332. The first-order valence-electron chi connectivity index (χ1n) is 6.04. The van der Waals surface area contributed by atoms with E-state index in [0.29, 0.717) is 6.54 Å². The van der Waals surface area contributed by atoms with Crippen LogP contribution in [0.25, 0.3) is 0 Å². The first-order valence-corrected chi connectivity index (χ1v) is 6.92. The summed E-state index contributed by atoms with van der Waals surface area (Å²) in [5.74, 6) is -0.694. The first-order chi connectivity index (χ1) is 8.16. The number of aliphatic carboxylic acids is 1. The van der Waals surface area contributed by atoms with E-state index in [1.807, 2.05) is 12.3 Å². The number of rotatable bonds is 3. The maximum atomic E-state index is 11.3. The van der Waals surface area contributed by atoms with E-state index in [4.69, 9.17) is 0 Å². The Kier molecular flexibility index (Phi) is 4.12. The number of aryl methyl sites for hydroxylation is 1. The smallest absolute Gasteiger partial charge is 0.320 e. The number of carboxylic acid groups (broad SMARTS) is 1. The van der Waals surface area contributed by atoms with Crippen LogP contribution in [0.2, 0.25) is 0 Å². The van der Waals surface area contributed by atoms with Crippen LogP contribution in [0, 0.1) is 6.92 Å². The summed E-state index contributed by atoms with van der Waals surface area (Å²) in [5.41, 5.74) is 1.02. The fourth-order valence-electron chi connectivity index (χ4n) is 2.29. The minimum absolute atomic E-state index is 0.332. The second-order valence-corrected chi connectivity index (χ2v) is 5.50. The molecule has 0 radical (unpaired) electrons. The van der Waals surface area contributed by atoms with Gasteiger partial charge in [0.2, 0.25) is 0 Å². The lowest BCUT2D eigenvalue weighted by Crippen LogP contribution is -2.40. The van der Waals surface area contributed by atoms with Gasteiger partial charge in [-0.05, 0) is 26.3 Å². The van der Waals surface area contributed by atoms with E-state index in [-0.39, 0.29) is 6.04 Å². The fraction of sp³-hybridized carbons (Fsp3) is 0.667. The SMILES string of the molecule is Cc1csc(CN2CCCCCC2C(=O)O)n1. The van der Waals surface area contributed by atoms with Gasteiger partial charge in [0.15, 0.2) is 0 Å². The lowest BCUT2D eigenvalue weighted by Gasteiger charge is -2.25. The van der Waals surface area contributed by atoms with Crippen LogP contribution in [0.3, 0.4) is 0 Å². The molecule has 1 aliphatic heterocycles. The van der Waals surface area contributed by atoms with Gasteiger partial charge in [0.05, 0.1) is 6.54 Å². The topological polar surface area (TPSA) is 53.4 Å². The van der Waals surface area contributed by atoms with E-state index in [0.717, 1.165) is 42.9 Å². The summed E-state index contributed by atoms with van der Waals surface area (Å²) in [6.45, 7) is 3.52. The maximum Gasteiger partial charge on any atom is 0.320 e. The van der Waals surface area contributed by atoms with Gasteiger partial charge in [-0.1, -0.05) is 12.8 Å². The Balaban J connectivity index is 2.07. The van der Waals surface area contributed by atoms with E-state index in [1.54, 1.807) is 11.3 Å². The van der Waals surface area contributed by atoms with Crippen molar-refractivity contribution in [1.29, 1.82) is 0 Å². The quantitative estimate of drug-likeness (QED) is 0.899. The van der Waals surface area contributed by atoms with Gasteiger partial charge in [0, 0.05) is 11.1 Å². The van der Waals surface area contributed by atoms with Crippen molar-refractivity contribution in [3.63, 3.8) is 0 Å². The van der Waals surface area contributed by atoms with Crippen molar-refractivity contribution in [2.45, 2.75) is 45.2 Å². The maximum absolute atomic E-state index is 11.3. The van der Waals surface area contributed by atoms with Crippen molar-refractivity contribution in [3.8, 4) is 0 Å². The number of hydrogen-bond donors (Lipinski definition) is 1. The highest BCUT2D eigenvalue weighted by Crippen LogP contribution is 2.20. The summed E-state index contributed by atoms with van der Waals surface area (Å²) < 4.78 is 0. The molecule has 1 atom stereocenters. The van der Waals surface area contributed by atoms with Gasteiger partial charge in [0.1, 0.15) is 11.0 Å². The summed E-state index contributed by atoms with van der Waals surface area (Å²) in [4.78, 5) is 17.7. The molecule has 1 N–H and O–H groups in total. The number of likely N-dealkylation sites (tertiary alicyclic amines) is 1. The monoisotopic (exact) mass is 254 g/mol. The molecule has 1 aromatic rings. The van der Waals surface area contributed by atoms with Crippen LogP contribution in [-0.4, -0.2) is 33.5 Å². The van der Waals surface area contributed by atoms with Gasteiger partial charge >= 0.3 is 5.97 Å². The van der Waals surface area contributed by atoms with Crippen LogP contribution in [0.15, 0.2) is 5.38 Å². The third-order valence-electron chi connectivity index (χ3n) is 3.15. The minimum atomic E-state index is -0.694. The average Bonchev–Trinajstić information content (AvgIpc) is 2.55. The van der Waals surface area contributed by atoms with Crippen LogP contribution >= 0.6 is 11.3 Å². The highest BCUT2D eigenvalue weighted by molar-refractivity contribution is 7.09. The Morgan fingerprint density at radius 3 is 3.06 bits per heavy atom. The molecule has 1 aliphatic rings. The molecule has 94 valence electrons. The lowest BCUT2D eigenvalue weighted by atomic mass is 10.1. The standard InChI is InChI=1S/C12H18N2O2S/c1-9-8-17-11(13-9)7-14-6-4-2-3-5-10(14)12(15)16/h8,10H,2-7H2,1H3,(H,15,16). The zero-order valence-electron chi connectivity index (χ0n) is 10.1. The molecule has 1 fully saturated rings. The van der Waals surface area contributed by atoms with Crippen molar-refractivity contribution >= 4 is 17.3 Å². The number of aromatic nitrogens is 1. The molecule has 17 heavy (non-hydrogen) atoms. The Morgan fingerprint density at radius 1 is 1.59 bits per heavy atom. The Bertz CT molecular complexity index is 392. The van der Waals surface area contributed by atoms with Crippen LogP contribution in [-0.2, 0) is 11.3 Å². The molecule has 2 rings (SSSR count). The minimum Gasteiger partial charge on any atom is -0.480 e. The lowest BCUT2D eigenvalue weighted by molar-refractivity contribution is -0.143. The number of hydrogen-bond acceptors (Lipinski definition) is 4. The second kappa shape index (κ2) is 5.60. The molecule has 0 aromatic carbocycles. The molecule has 5 heteroatoms. The normalized spacial score (nSPS) is 22.3. The highest BCUT2D eigenvalue weighted by Gasteiger charge is 2.27. The zero-order chi connectivity index (χ0) is 12.3. The highest BCUT2D eigenvalue weighted by atomic mass is 32.1. The molecule has 0 aliphatic carbocycles. The van der Waals surface area contributed by atoms with Gasteiger partial charge in [-0.15, -0.1) is 11.3 Å². The molecule has 1 unspecified atom stereocenters. The number of nitrogens with zero attached hydrogens (tertiary/aromatic N) is 2. The molecule has 0 spiro atoms. The molecule has 1 saturated heterocycles. The molecular weight excluding hydrogens is 236 g/mol. The second-order valence-electron chi connectivity index (χ2n) is 4.56. The third-order valence-corrected chi connectivity index (χ3v) is 4.11. The summed E-state index contributed by atoms with van der Waals surface area (Å²) in [5, 5.41) is 12.3. The molecule has 0 amide bonds. The number of carbonyl (C=O) groups is 1. The fourth-order valence-corrected chi connectivity index (χ4v) is 3.08. The van der Waals surface area contributed by atoms with E-state index in [2.05, 4.69) is 9.88 Å². The van der Waals surface area contributed by atoms with Crippen LogP contribution in [0.5, 0.6) is 0 Å². The molecule has 4 nitrogen and oxygen atoms in total. The van der Waals surface area contributed by atoms with E-state index in [9.17, 15) is 9.90 Å². The summed E-state index contributed by atoms with van der Waals surface area (Å²) in [6.07, 6.45) is 4.01. The van der Waals surface area contributed by atoms with Gasteiger partial charge in [0.25, 0.3) is 0 Å². The molecule has 0 saturated carbocycles. The van der Waals surface area contributed by atoms with Crippen molar-refractivity contribution in [2.75, 3.05) is 6.54 Å². The Labute approximate surface area is 105 Å². The van der Waals surface area contributed by atoms with Crippen LogP contribution < -0.4 is 0 Å². The number of carboxylic acids is 1. The summed E-state index contributed by atoms with van der Waals surface area (Å²) >= 11 is 1.62. The largest absolute Gasteiger partial charge is 0.480 e. The molecular formula is C12H18N2O2S. The number of thiazole rings is 1. The Morgan fingerprint density at radius 2 is 2.41 bits per heavy atom. The summed E-state index contributed by atoms with van der Waals surface area (Å²) in [7, 11) is 0. The van der Waals surface area contributed by atoms with Crippen molar-refractivity contribution < 1.29 is 9.90 Å². The van der Waals surface area contributed by atoms with Gasteiger partial charge < -0.3 is 5.11 Å². The third kappa shape index (κ3) is 3.26. The van der Waals surface area contributed by atoms with Crippen LogP contribution in [0.1, 0.15) is 36.4 Å². The molecule has 2 heterocycles. The van der Waals surface area contributed by atoms with E-state index < -0.39 is 5.97 Å². The molecule has 0 bridgehead atoms. The predicted octanol–water partition coefficient (Wildman–Crippen LogP) is 2.28. The molecule has 1 aromatic heterocycles. The van der Waals surface area contributed by atoms with E-state index in [1.165, 1.54) is 0 Å². The zero-order valence-corrected chi connectivity index (χ0v) is 10.9. The van der Waals surface area contributed by atoms with Crippen molar-refractivity contribution in [3.05, 3.63) is 16.1 Å². The van der Waals surface area contributed by atoms with Crippen molar-refractivity contribution in [2.24, 2.45) is 0 Å². The van der Waals surface area contributed by atoms with Gasteiger partial charge in [-0.3, -0.25) is 9.69 Å². The predicted molar refractivity (Wildman–Crippen MR) is 67.2 cm³/mol.